The van der Waals surface area contributed by atoms with Crippen molar-refractivity contribution in [2.45, 2.75) is 4.87 Å². The van der Waals surface area contributed by atoms with Crippen molar-refractivity contribution in [1.29, 1.82) is 0 Å². The van der Waals surface area contributed by atoms with Crippen LogP contribution in [-0.2, 0) is 14.5 Å². The van der Waals surface area contributed by atoms with Crippen LogP contribution in [0.4, 0.5) is 15.8 Å². The van der Waals surface area contributed by atoms with Crippen LogP contribution in [-0.4, -0.2) is 17.6 Å². The first-order valence-corrected chi connectivity index (χ1v) is 7.75. The van der Waals surface area contributed by atoms with Gasteiger partial charge in [0.25, 0.3) is 5.91 Å². The monoisotopic (exact) mass is 314 g/mol. The Morgan fingerprint density at radius 1 is 1.14 bits per heavy atom. The van der Waals surface area contributed by atoms with Crippen molar-refractivity contribution in [3.05, 3.63) is 59.9 Å². The molecule has 2 aliphatic rings. The van der Waals surface area contributed by atoms with Gasteiger partial charge in [0.15, 0.2) is 0 Å². The number of nitrogens with one attached hydrogen (secondary N) is 1. The van der Waals surface area contributed by atoms with Gasteiger partial charge in [0.05, 0.1) is 5.75 Å². The van der Waals surface area contributed by atoms with Crippen molar-refractivity contribution >= 4 is 35.0 Å². The van der Waals surface area contributed by atoms with E-state index in [0.29, 0.717) is 11.4 Å². The second kappa shape index (κ2) is 4.58. The molecule has 2 heterocycles. The maximum absolute atomic E-state index is 13.6. The van der Waals surface area contributed by atoms with Crippen LogP contribution in [0.2, 0.25) is 0 Å². The summed E-state index contributed by atoms with van der Waals surface area (Å²) in [5.41, 5.74) is 1.82. The number of hydrogen-bond acceptors (Lipinski definition) is 3. The van der Waals surface area contributed by atoms with Crippen LogP contribution in [0.25, 0.3) is 0 Å². The lowest BCUT2D eigenvalue weighted by Crippen LogP contribution is -2.47. The molecule has 1 N–H and O–H groups in total. The van der Waals surface area contributed by atoms with E-state index >= 15 is 0 Å². The highest BCUT2D eigenvalue weighted by atomic mass is 32.2. The van der Waals surface area contributed by atoms with Gasteiger partial charge in [0.2, 0.25) is 10.8 Å². The molecule has 0 aromatic heterocycles. The smallest absolute Gasteiger partial charge is 0.266 e. The fourth-order valence-corrected chi connectivity index (χ4v) is 4.31. The minimum atomic E-state index is -1.15. The van der Waals surface area contributed by atoms with Crippen LogP contribution in [0, 0.1) is 5.82 Å². The quantitative estimate of drug-likeness (QED) is 0.880. The number of rotatable bonds is 1. The first-order chi connectivity index (χ1) is 10.6. The Morgan fingerprint density at radius 3 is 2.77 bits per heavy atom. The second-order valence-corrected chi connectivity index (χ2v) is 6.31. The molecule has 0 radical (unpaired) electrons. The average Bonchev–Trinajstić information content (AvgIpc) is 2.99. The number of nitrogens with zero attached hydrogens (tertiary/aromatic N) is 1. The number of para-hydroxylation sites is 1. The molecule has 6 heteroatoms. The average molecular weight is 314 g/mol. The molecule has 1 fully saturated rings. The first-order valence-electron chi connectivity index (χ1n) is 6.76. The van der Waals surface area contributed by atoms with Gasteiger partial charge < -0.3 is 5.32 Å². The highest BCUT2D eigenvalue weighted by Crippen LogP contribution is 2.53. The first kappa shape index (κ1) is 13.3. The summed E-state index contributed by atoms with van der Waals surface area (Å²) in [6.45, 7) is 0. The van der Waals surface area contributed by atoms with E-state index in [2.05, 4.69) is 5.32 Å². The number of benzene rings is 2. The van der Waals surface area contributed by atoms with Crippen molar-refractivity contribution in [2.75, 3.05) is 16.0 Å². The van der Waals surface area contributed by atoms with Crippen molar-refractivity contribution in [2.24, 2.45) is 0 Å². The van der Waals surface area contributed by atoms with Crippen LogP contribution in [0.5, 0.6) is 0 Å². The maximum atomic E-state index is 13.6. The van der Waals surface area contributed by atoms with Gasteiger partial charge in [-0.05, 0) is 24.3 Å². The van der Waals surface area contributed by atoms with Gasteiger partial charge in [-0.15, -0.1) is 11.8 Å². The molecule has 1 saturated heterocycles. The largest absolute Gasteiger partial charge is 0.323 e. The summed E-state index contributed by atoms with van der Waals surface area (Å²) < 4.78 is 13.6. The molecular weight excluding hydrogens is 303 g/mol. The Balaban J connectivity index is 1.94. The number of fused-ring (bicyclic) bond motifs is 2. The third kappa shape index (κ3) is 1.64. The van der Waals surface area contributed by atoms with Gasteiger partial charge >= 0.3 is 0 Å². The summed E-state index contributed by atoms with van der Waals surface area (Å²) in [4.78, 5) is 25.3. The number of anilines is 2. The lowest BCUT2D eigenvalue weighted by Gasteiger charge is -2.32. The van der Waals surface area contributed by atoms with E-state index in [-0.39, 0.29) is 17.6 Å². The summed E-state index contributed by atoms with van der Waals surface area (Å²) in [6, 6.07) is 13.0. The molecule has 4 nitrogen and oxygen atoms in total. The van der Waals surface area contributed by atoms with E-state index in [1.165, 1.54) is 34.9 Å². The summed E-state index contributed by atoms with van der Waals surface area (Å²) >= 11 is 1.26. The Kier molecular flexibility index (Phi) is 2.77. The van der Waals surface area contributed by atoms with Crippen LogP contribution in [0.15, 0.2) is 48.5 Å². The number of carbonyl (C=O) groups excluding carboxylic acids is 2. The lowest BCUT2D eigenvalue weighted by molar-refractivity contribution is -0.122. The zero-order valence-corrected chi connectivity index (χ0v) is 12.2. The molecule has 2 amide bonds. The molecule has 4 rings (SSSR count). The fraction of sp³-hybridized carbons (Fsp3) is 0.125. The molecule has 0 unspecified atom stereocenters. The Bertz CT molecular complexity index is 810. The molecule has 1 atom stereocenters. The molecule has 2 aromatic carbocycles. The highest BCUT2D eigenvalue weighted by molar-refractivity contribution is 8.02. The number of carbonyl (C=O) groups is 2. The second-order valence-electron chi connectivity index (χ2n) is 5.14. The minimum absolute atomic E-state index is 0.179. The van der Waals surface area contributed by atoms with E-state index in [1.807, 2.05) is 18.2 Å². The summed E-state index contributed by atoms with van der Waals surface area (Å²) in [7, 11) is 0. The molecule has 2 aromatic rings. The zero-order valence-electron chi connectivity index (χ0n) is 11.4. The summed E-state index contributed by atoms with van der Waals surface area (Å²) in [5.74, 6) is -0.738. The Morgan fingerprint density at radius 2 is 1.95 bits per heavy atom. The predicted octanol–water partition coefficient (Wildman–Crippen LogP) is 2.71. The fourth-order valence-electron chi connectivity index (χ4n) is 2.99. The van der Waals surface area contributed by atoms with Gasteiger partial charge in [0, 0.05) is 16.9 Å². The van der Waals surface area contributed by atoms with Crippen molar-refractivity contribution in [1.82, 2.24) is 0 Å². The van der Waals surface area contributed by atoms with Crippen LogP contribution in [0.1, 0.15) is 5.56 Å². The highest BCUT2D eigenvalue weighted by Gasteiger charge is 2.58. The van der Waals surface area contributed by atoms with Crippen LogP contribution >= 0.6 is 11.8 Å². The third-order valence-electron chi connectivity index (χ3n) is 3.88. The predicted molar refractivity (Wildman–Crippen MR) is 83.1 cm³/mol. The van der Waals surface area contributed by atoms with E-state index in [0.717, 1.165) is 5.56 Å². The van der Waals surface area contributed by atoms with Gasteiger partial charge in [-0.2, -0.15) is 0 Å². The number of amides is 2. The molecule has 110 valence electrons. The number of halogens is 1. The Labute approximate surface area is 130 Å². The molecular formula is C16H11FN2O2S. The Hall–Kier alpha value is -2.34. The lowest BCUT2D eigenvalue weighted by atomic mass is 10.0. The van der Waals surface area contributed by atoms with Crippen molar-refractivity contribution < 1.29 is 14.0 Å². The number of hydrogen-bond donors (Lipinski definition) is 1. The summed E-state index contributed by atoms with van der Waals surface area (Å²) in [6.07, 6.45) is 0. The molecule has 0 saturated carbocycles. The van der Waals surface area contributed by atoms with Crippen molar-refractivity contribution in [3.8, 4) is 0 Å². The minimum Gasteiger partial charge on any atom is -0.323 e. The third-order valence-corrected chi connectivity index (χ3v) is 5.28. The maximum Gasteiger partial charge on any atom is 0.266 e. The topological polar surface area (TPSA) is 49.4 Å². The molecule has 1 spiro atoms. The molecule has 22 heavy (non-hydrogen) atoms. The van der Waals surface area contributed by atoms with Gasteiger partial charge in [0.1, 0.15) is 5.82 Å². The summed E-state index contributed by atoms with van der Waals surface area (Å²) in [5, 5.41) is 2.82. The molecule has 0 bridgehead atoms. The standard InChI is InChI=1S/C16H11FN2O2S/c17-10-4-3-5-11(8-10)19-14(20)9-22-16(19)12-6-1-2-7-13(12)18-15(16)21/h1-8H,9H2,(H,18,21)/t16-/m1/s1. The van der Waals surface area contributed by atoms with Crippen molar-refractivity contribution in [3.63, 3.8) is 0 Å². The van der Waals surface area contributed by atoms with E-state index in [1.54, 1.807) is 12.1 Å². The van der Waals surface area contributed by atoms with Gasteiger partial charge in [-0.25, -0.2) is 4.39 Å². The van der Waals surface area contributed by atoms with E-state index < -0.39 is 10.7 Å². The van der Waals surface area contributed by atoms with Crippen LogP contribution < -0.4 is 10.2 Å². The zero-order chi connectivity index (χ0) is 15.3. The molecule has 0 aliphatic carbocycles. The molecule has 2 aliphatic heterocycles. The van der Waals surface area contributed by atoms with E-state index in [9.17, 15) is 14.0 Å². The van der Waals surface area contributed by atoms with Crippen LogP contribution in [0.3, 0.4) is 0 Å². The van der Waals surface area contributed by atoms with Gasteiger partial charge in [-0.3, -0.25) is 14.5 Å². The van der Waals surface area contributed by atoms with Gasteiger partial charge in [-0.1, -0.05) is 24.3 Å². The van der Waals surface area contributed by atoms with E-state index in [4.69, 9.17) is 0 Å². The number of thioether (sulfide) groups is 1. The normalized spacial score (nSPS) is 23.0. The SMILES string of the molecule is O=C1CS[C@]2(C(=O)Nc3ccccc32)N1c1cccc(F)c1.